The molecule has 2 amide bonds. The lowest BCUT2D eigenvalue weighted by atomic mass is 10.1. The van der Waals surface area contributed by atoms with Gasteiger partial charge in [-0.15, -0.1) is 11.3 Å². The van der Waals surface area contributed by atoms with Crippen LogP contribution in [-0.2, 0) is 6.18 Å². The molecule has 8 nitrogen and oxygen atoms in total. The molecule has 0 aliphatic rings. The SMILES string of the molecule is Cc1cnc(NC(=O)c2cnc([C@@H](C)NC(=O)c3cccc(N)n3)s2)cc1C(F)(F)F. The number of amides is 2. The van der Waals surface area contributed by atoms with Crippen LogP contribution in [0.15, 0.2) is 36.7 Å². The maximum atomic E-state index is 13.0. The van der Waals surface area contributed by atoms with Gasteiger partial charge in [-0.25, -0.2) is 15.0 Å². The minimum atomic E-state index is -4.56. The lowest BCUT2D eigenvalue weighted by Crippen LogP contribution is -2.27. The molecule has 0 saturated heterocycles. The van der Waals surface area contributed by atoms with Gasteiger partial charge in [-0.3, -0.25) is 9.59 Å². The number of hydrogen-bond donors (Lipinski definition) is 3. The van der Waals surface area contributed by atoms with E-state index < -0.39 is 29.6 Å². The van der Waals surface area contributed by atoms with Crippen LogP contribution in [0.1, 0.15) is 49.3 Å². The van der Waals surface area contributed by atoms with Crippen LogP contribution in [0.4, 0.5) is 24.8 Å². The average molecular weight is 450 g/mol. The van der Waals surface area contributed by atoms with Gasteiger partial charge in [0.05, 0.1) is 17.8 Å². The molecule has 0 bridgehead atoms. The van der Waals surface area contributed by atoms with E-state index in [2.05, 4.69) is 25.6 Å². The fourth-order valence-corrected chi connectivity index (χ4v) is 3.39. The van der Waals surface area contributed by atoms with E-state index in [0.717, 1.165) is 23.6 Å². The predicted octanol–water partition coefficient (Wildman–Crippen LogP) is 3.59. The van der Waals surface area contributed by atoms with Gasteiger partial charge in [0.25, 0.3) is 11.8 Å². The highest BCUT2D eigenvalue weighted by Crippen LogP contribution is 2.32. The van der Waals surface area contributed by atoms with E-state index in [4.69, 9.17) is 5.73 Å². The first-order valence-electron chi connectivity index (χ1n) is 8.89. The molecule has 162 valence electrons. The molecule has 31 heavy (non-hydrogen) atoms. The summed E-state index contributed by atoms with van der Waals surface area (Å²) in [4.78, 5) is 36.7. The molecule has 0 aromatic carbocycles. The van der Waals surface area contributed by atoms with Gasteiger partial charge in [-0.05, 0) is 37.6 Å². The zero-order chi connectivity index (χ0) is 22.8. The Morgan fingerprint density at radius 1 is 1.16 bits per heavy atom. The lowest BCUT2D eigenvalue weighted by Gasteiger charge is -2.12. The molecule has 12 heteroatoms. The molecule has 0 unspecified atom stereocenters. The molecule has 3 aromatic heterocycles. The van der Waals surface area contributed by atoms with Gasteiger partial charge in [0, 0.05) is 6.20 Å². The summed E-state index contributed by atoms with van der Waals surface area (Å²) in [6.07, 6.45) is -2.25. The Balaban J connectivity index is 1.69. The summed E-state index contributed by atoms with van der Waals surface area (Å²) in [6.45, 7) is 2.95. The van der Waals surface area contributed by atoms with Crippen LogP contribution in [0.3, 0.4) is 0 Å². The van der Waals surface area contributed by atoms with E-state index in [0.29, 0.717) is 5.01 Å². The van der Waals surface area contributed by atoms with Crippen molar-refractivity contribution in [3.8, 4) is 0 Å². The molecule has 3 rings (SSSR count). The number of carbonyl (C=O) groups excluding carboxylic acids is 2. The molecule has 1 atom stereocenters. The van der Waals surface area contributed by atoms with Crippen molar-refractivity contribution < 1.29 is 22.8 Å². The number of thiazole rings is 1. The van der Waals surface area contributed by atoms with Crippen molar-refractivity contribution in [3.05, 3.63) is 63.4 Å². The van der Waals surface area contributed by atoms with Crippen molar-refractivity contribution in [1.82, 2.24) is 20.3 Å². The zero-order valence-corrected chi connectivity index (χ0v) is 17.1. The monoisotopic (exact) mass is 450 g/mol. The Bertz CT molecular complexity index is 1130. The van der Waals surface area contributed by atoms with Crippen LogP contribution in [-0.4, -0.2) is 26.8 Å². The van der Waals surface area contributed by atoms with E-state index in [9.17, 15) is 22.8 Å². The van der Waals surface area contributed by atoms with Crippen molar-refractivity contribution in [2.45, 2.75) is 26.1 Å². The van der Waals surface area contributed by atoms with E-state index in [1.165, 1.54) is 19.2 Å². The molecule has 0 fully saturated rings. The first kappa shape index (κ1) is 22.2. The lowest BCUT2D eigenvalue weighted by molar-refractivity contribution is -0.138. The highest BCUT2D eigenvalue weighted by Gasteiger charge is 2.33. The third kappa shape index (κ3) is 5.34. The summed E-state index contributed by atoms with van der Waals surface area (Å²) in [6, 6.07) is 4.87. The number of anilines is 2. The maximum absolute atomic E-state index is 13.0. The quantitative estimate of drug-likeness (QED) is 0.546. The van der Waals surface area contributed by atoms with Crippen LogP contribution >= 0.6 is 11.3 Å². The van der Waals surface area contributed by atoms with Gasteiger partial charge >= 0.3 is 6.18 Å². The van der Waals surface area contributed by atoms with Gasteiger partial charge in [-0.2, -0.15) is 13.2 Å². The van der Waals surface area contributed by atoms with E-state index in [1.807, 2.05) is 0 Å². The number of hydrogen-bond acceptors (Lipinski definition) is 7. The Hall–Kier alpha value is -3.54. The summed E-state index contributed by atoms with van der Waals surface area (Å²) in [5, 5.41) is 5.45. The van der Waals surface area contributed by atoms with E-state index in [1.54, 1.807) is 19.1 Å². The van der Waals surface area contributed by atoms with Crippen LogP contribution in [0, 0.1) is 6.92 Å². The summed E-state index contributed by atoms with van der Waals surface area (Å²) in [5.41, 5.74) is 4.77. The van der Waals surface area contributed by atoms with Crippen LogP contribution in [0.5, 0.6) is 0 Å². The number of nitrogens with zero attached hydrogens (tertiary/aromatic N) is 3. The van der Waals surface area contributed by atoms with Crippen molar-refractivity contribution in [1.29, 1.82) is 0 Å². The standard InChI is InChI=1S/C19H17F3N6O2S/c1-9-7-24-15(6-11(9)19(20,21)22)28-17(30)13-8-25-18(31-13)10(2)26-16(29)12-4-3-5-14(23)27-12/h3-8,10H,1-2H3,(H2,23,27)(H,26,29)(H,24,28,30)/t10-/m1/s1. The minimum absolute atomic E-state index is 0.0511. The number of aromatic nitrogens is 3. The summed E-state index contributed by atoms with van der Waals surface area (Å²) in [7, 11) is 0. The number of rotatable bonds is 5. The van der Waals surface area contributed by atoms with Gasteiger partial charge in [0.1, 0.15) is 27.2 Å². The molecular weight excluding hydrogens is 433 g/mol. The van der Waals surface area contributed by atoms with Crippen molar-refractivity contribution in [2.75, 3.05) is 11.1 Å². The largest absolute Gasteiger partial charge is 0.416 e. The second-order valence-electron chi connectivity index (χ2n) is 6.54. The average Bonchev–Trinajstić information content (AvgIpc) is 3.19. The second kappa shape index (κ2) is 8.68. The predicted molar refractivity (Wildman–Crippen MR) is 109 cm³/mol. The number of nitrogens with two attached hydrogens (primary N) is 1. The molecule has 0 radical (unpaired) electrons. The van der Waals surface area contributed by atoms with Crippen molar-refractivity contribution >= 4 is 34.8 Å². The van der Waals surface area contributed by atoms with E-state index in [-0.39, 0.29) is 27.8 Å². The summed E-state index contributed by atoms with van der Waals surface area (Å²) < 4.78 is 39.1. The number of alkyl halides is 3. The number of pyridine rings is 2. The van der Waals surface area contributed by atoms with Gasteiger partial charge in [0.2, 0.25) is 0 Å². The Morgan fingerprint density at radius 3 is 2.58 bits per heavy atom. The molecule has 4 N–H and O–H groups in total. The van der Waals surface area contributed by atoms with Crippen LogP contribution in [0.25, 0.3) is 0 Å². The first-order valence-corrected chi connectivity index (χ1v) is 9.70. The Kier molecular flexibility index (Phi) is 6.20. The van der Waals surface area contributed by atoms with Crippen LogP contribution < -0.4 is 16.4 Å². The topological polar surface area (TPSA) is 123 Å². The third-order valence-corrected chi connectivity index (χ3v) is 5.30. The van der Waals surface area contributed by atoms with Gasteiger partial charge in [0.15, 0.2) is 0 Å². The molecule has 0 spiro atoms. The number of nitrogens with one attached hydrogen (secondary N) is 2. The van der Waals surface area contributed by atoms with E-state index >= 15 is 0 Å². The molecule has 0 saturated carbocycles. The number of nitrogen functional groups attached to an aromatic ring is 1. The minimum Gasteiger partial charge on any atom is -0.384 e. The van der Waals surface area contributed by atoms with Crippen molar-refractivity contribution in [2.24, 2.45) is 0 Å². The molecule has 3 heterocycles. The fraction of sp³-hybridized carbons (Fsp3) is 0.211. The molecule has 3 aromatic rings. The first-order chi connectivity index (χ1) is 14.5. The third-order valence-electron chi connectivity index (χ3n) is 4.12. The molecule has 0 aliphatic heterocycles. The summed E-state index contributed by atoms with van der Waals surface area (Å²) >= 11 is 0.989. The van der Waals surface area contributed by atoms with Crippen molar-refractivity contribution in [3.63, 3.8) is 0 Å². The molecule has 0 aliphatic carbocycles. The Morgan fingerprint density at radius 2 is 1.90 bits per heavy atom. The number of aryl methyl sites for hydroxylation is 1. The normalized spacial score (nSPS) is 12.3. The van der Waals surface area contributed by atoms with Gasteiger partial charge < -0.3 is 16.4 Å². The highest BCUT2D eigenvalue weighted by molar-refractivity contribution is 7.13. The van der Waals surface area contributed by atoms with Gasteiger partial charge in [-0.1, -0.05) is 6.07 Å². The summed E-state index contributed by atoms with van der Waals surface area (Å²) in [5.74, 6) is -1.16. The number of carbonyl (C=O) groups is 2. The second-order valence-corrected chi connectivity index (χ2v) is 7.60. The smallest absolute Gasteiger partial charge is 0.384 e. The fourth-order valence-electron chi connectivity index (χ4n) is 2.58. The number of halogens is 3. The van der Waals surface area contributed by atoms with Crippen LogP contribution in [0.2, 0.25) is 0 Å². The zero-order valence-electron chi connectivity index (χ0n) is 16.3. The maximum Gasteiger partial charge on any atom is 0.416 e. The molecular formula is C19H17F3N6O2S. The Labute approximate surface area is 178 Å². The highest BCUT2D eigenvalue weighted by atomic mass is 32.1.